The molecular weight excluding hydrogens is 216 g/mol. The van der Waals surface area contributed by atoms with Gasteiger partial charge in [-0.2, -0.15) is 0 Å². The summed E-state index contributed by atoms with van der Waals surface area (Å²) < 4.78 is 0. The second kappa shape index (κ2) is 5.31. The van der Waals surface area contributed by atoms with Gasteiger partial charge in [0.25, 0.3) is 0 Å². The number of nitrogens with one attached hydrogen (secondary N) is 1. The van der Waals surface area contributed by atoms with Crippen molar-refractivity contribution in [2.24, 2.45) is 0 Å². The second-order valence-corrected chi connectivity index (χ2v) is 4.34. The lowest BCUT2D eigenvalue weighted by Crippen LogP contribution is -2.30. The van der Waals surface area contributed by atoms with Crippen molar-refractivity contribution in [3.63, 3.8) is 0 Å². The molecule has 17 heavy (non-hydrogen) atoms. The maximum absolute atomic E-state index is 9.12. The summed E-state index contributed by atoms with van der Waals surface area (Å²) in [6.07, 6.45) is 2.39. The average Bonchev–Trinajstić information content (AvgIpc) is 3.09. The van der Waals surface area contributed by atoms with Gasteiger partial charge in [0.1, 0.15) is 17.5 Å². The highest BCUT2D eigenvalue weighted by molar-refractivity contribution is 5.50. The summed E-state index contributed by atoms with van der Waals surface area (Å²) in [5.41, 5.74) is 0. The van der Waals surface area contributed by atoms with Crippen LogP contribution in [0.5, 0.6) is 0 Å². The summed E-state index contributed by atoms with van der Waals surface area (Å²) in [5, 5.41) is 12.3. The summed E-state index contributed by atoms with van der Waals surface area (Å²) in [5.74, 6) is 2.55. The van der Waals surface area contributed by atoms with Gasteiger partial charge in [-0.05, 0) is 26.7 Å². The molecule has 0 aromatic carbocycles. The summed E-state index contributed by atoms with van der Waals surface area (Å²) in [6.45, 7) is 5.60. The van der Waals surface area contributed by atoms with Crippen LogP contribution in [0.25, 0.3) is 0 Å². The number of hydrogen-bond donors (Lipinski definition) is 2. The molecule has 0 saturated heterocycles. The molecule has 1 saturated carbocycles. The first-order valence-electron chi connectivity index (χ1n) is 6.21. The standard InChI is InChI=1S/C12H20N4O/c1-3-13-11-8-12(15-9(2)14-11)16(6-7-17)10-4-5-10/h8,10,17H,3-7H2,1-2H3,(H,13,14,15). The molecule has 0 atom stereocenters. The van der Waals surface area contributed by atoms with Crippen LogP contribution in [0.3, 0.4) is 0 Å². The Kier molecular flexibility index (Phi) is 3.78. The van der Waals surface area contributed by atoms with Crippen LogP contribution in [0, 0.1) is 6.92 Å². The first-order chi connectivity index (χ1) is 8.24. The number of nitrogens with zero attached hydrogens (tertiary/aromatic N) is 3. The van der Waals surface area contributed by atoms with Crippen molar-refractivity contribution in [3.05, 3.63) is 11.9 Å². The lowest BCUT2D eigenvalue weighted by atomic mass is 10.4. The minimum absolute atomic E-state index is 0.163. The number of aromatic nitrogens is 2. The van der Waals surface area contributed by atoms with Gasteiger partial charge in [-0.1, -0.05) is 0 Å². The highest BCUT2D eigenvalue weighted by Gasteiger charge is 2.29. The average molecular weight is 236 g/mol. The van der Waals surface area contributed by atoms with Gasteiger partial charge < -0.3 is 15.3 Å². The van der Waals surface area contributed by atoms with E-state index in [1.54, 1.807) is 0 Å². The van der Waals surface area contributed by atoms with Crippen molar-refractivity contribution >= 4 is 11.6 Å². The van der Waals surface area contributed by atoms with Gasteiger partial charge in [0.15, 0.2) is 0 Å². The number of aliphatic hydroxyl groups is 1. The van der Waals surface area contributed by atoms with Crippen molar-refractivity contribution in [1.82, 2.24) is 9.97 Å². The molecule has 1 aliphatic rings. The Morgan fingerprint density at radius 1 is 1.47 bits per heavy atom. The van der Waals surface area contributed by atoms with Crippen LogP contribution < -0.4 is 10.2 Å². The van der Waals surface area contributed by atoms with Crippen LogP contribution in [-0.4, -0.2) is 40.8 Å². The second-order valence-electron chi connectivity index (χ2n) is 4.34. The Labute approximate surface area is 102 Å². The van der Waals surface area contributed by atoms with Gasteiger partial charge in [0.2, 0.25) is 0 Å². The van der Waals surface area contributed by atoms with Gasteiger partial charge >= 0.3 is 0 Å². The molecule has 1 fully saturated rings. The third kappa shape index (κ3) is 3.06. The Bertz CT molecular complexity index is 379. The minimum atomic E-state index is 0.163. The largest absolute Gasteiger partial charge is 0.395 e. The maximum atomic E-state index is 9.12. The number of hydrogen-bond acceptors (Lipinski definition) is 5. The van der Waals surface area contributed by atoms with Gasteiger partial charge in [0, 0.05) is 25.2 Å². The van der Waals surface area contributed by atoms with Crippen molar-refractivity contribution < 1.29 is 5.11 Å². The van der Waals surface area contributed by atoms with Gasteiger partial charge in [0.05, 0.1) is 6.61 Å². The first kappa shape index (κ1) is 12.1. The highest BCUT2D eigenvalue weighted by atomic mass is 16.3. The van der Waals surface area contributed by atoms with Crippen LogP contribution in [0.15, 0.2) is 6.07 Å². The van der Waals surface area contributed by atoms with Gasteiger partial charge in [-0.15, -0.1) is 0 Å². The third-order valence-corrected chi connectivity index (χ3v) is 2.81. The highest BCUT2D eigenvalue weighted by Crippen LogP contribution is 2.31. The normalized spacial score (nSPS) is 14.8. The summed E-state index contributed by atoms with van der Waals surface area (Å²) in [7, 11) is 0. The van der Waals surface area contributed by atoms with E-state index in [0.717, 1.165) is 24.0 Å². The zero-order valence-electron chi connectivity index (χ0n) is 10.5. The quantitative estimate of drug-likeness (QED) is 0.776. The molecule has 1 aliphatic carbocycles. The molecule has 2 rings (SSSR count). The summed E-state index contributed by atoms with van der Waals surface area (Å²) >= 11 is 0. The number of aryl methyl sites for hydroxylation is 1. The van der Waals surface area contributed by atoms with E-state index in [-0.39, 0.29) is 6.61 Å². The smallest absolute Gasteiger partial charge is 0.134 e. The molecule has 2 N–H and O–H groups in total. The number of anilines is 2. The van der Waals surface area contributed by atoms with E-state index in [9.17, 15) is 0 Å². The van der Waals surface area contributed by atoms with Crippen molar-refractivity contribution in [1.29, 1.82) is 0 Å². The number of rotatable bonds is 6. The first-order valence-corrected chi connectivity index (χ1v) is 6.21. The lowest BCUT2D eigenvalue weighted by molar-refractivity contribution is 0.301. The molecule has 0 spiro atoms. The fourth-order valence-corrected chi connectivity index (χ4v) is 1.95. The predicted molar refractivity (Wildman–Crippen MR) is 68.4 cm³/mol. The van der Waals surface area contributed by atoms with Crippen LogP contribution in [-0.2, 0) is 0 Å². The predicted octanol–water partition coefficient (Wildman–Crippen LogP) is 1.18. The molecule has 94 valence electrons. The van der Waals surface area contributed by atoms with Crippen molar-refractivity contribution in [2.45, 2.75) is 32.7 Å². The molecule has 0 amide bonds. The molecular formula is C12H20N4O. The van der Waals surface area contributed by atoms with Crippen LogP contribution in [0.1, 0.15) is 25.6 Å². The van der Waals surface area contributed by atoms with Gasteiger partial charge in [-0.25, -0.2) is 9.97 Å². The Hall–Kier alpha value is -1.36. The van der Waals surface area contributed by atoms with Crippen LogP contribution >= 0.6 is 0 Å². The zero-order chi connectivity index (χ0) is 12.3. The lowest BCUT2D eigenvalue weighted by Gasteiger charge is -2.23. The van der Waals surface area contributed by atoms with E-state index in [1.807, 2.05) is 19.9 Å². The fourth-order valence-electron chi connectivity index (χ4n) is 1.95. The maximum Gasteiger partial charge on any atom is 0.134 e. The Morgan fingerprint density at radius 2 is 2.24 bits per heavy atom. The summed E-state index contributed by atoms with van der Waals surface area (Å²) in [4.78, 5) is 11.0. The van der Waals surface area contributed by atoms with Crippen LogP contribution in [0.2, 0.25) is 0 Å². The molecule has 0 aliphatic heterocycles. The minimum Gasteiger partial charge on any atom is -0.395 e. The van der Waals surface area contributed by atoms with Gasteiger partial charge in [-0.3, -0.25) is 0 Å². The molecule has 1 heterocycles. The monoisotopic (exact) mass is 236 g/mol. The topological polar surface area (TPSA) is 61.3 Å². The molecule has 5 nitrogen and oxygen atoms in total. The third-order valence-electron chi connectivity index (χ3n) is 2.81. The SMILES string of the molecule is CCNc1cc(N(CCO)C2CC2)nc(C)n1. The van der Waals surface area contributed by atoms with E-state index >= 15 is 0 Å². The molecule has 1 aromatic heterocycles. The summed E-state index contributed by atoms with van der Waals surface area (Å²) in [6, 6.07) is 2.51. The Morgan fingerprint density at radius 3 is 2.82 bits per heavy atom. The number of aliphatic hydroxyl groups excluding tert-OH is 1. The van der Waals surface area contributed by atoms with Crippen molar-refractivity contribution in [2.75, 3.05) is 29.9 Å². The van der Waals surface area contributed by atoms with E-state index < -0.39 is 0 Å². The zero-order valence-corrected chi connectivity index (χ0v) is 10.5. The molecule has 1 aromatic rings. The van der Waals surface area contributed by atoms with E-state index in [2.05, 4.69) is 20.2 Å². The van der Waals surface area contributed by atoms with E-state index in [4.69, 9.17) is 5.11 Å². The molecule has 0 radical (unpaired) electrons. The molecule has 0 unspecified atom stereocenters. The van der Waals surface area contributed by atoms with Crippen molar-refractivity contribution in [3.8, 4) is 0 Å². The molecule has 5 heteroatoms. The fraction of sp³-hybridized carbons (Fsp3) is 0.667. The molecule has 0 bridgehead atoms. The van der Waals surface area contributed by atoms with E-state index in [1.165, 1.54) is 12.8 Å². The van der Waals surface area contributed by atoms with Crippen LogP contribution in [0.4, 0.5) is 11.6 Å². The Balaban J connectivity index is 2.22. The van der Waals surface area contributed by atoms with E-state index in [0.29, 0.717) is 12.6 Å².